The van der Waals surface area contributed by atoms with Crippen molar-refractivity contribution in [3.63, 3.8) is 0 Å². The molecule has 0 heterocycles. The van der Waals surface area contributed by atoms with Gasteiger partial charge in [-0.2, -0.15) is 0 Å². The number of hydrogen-bond donors (Lipinski definition) is 2. The van der Waals surface area contributed by atoms with E-state index in [0.717, 1.165) is 18.5 Å². The number of nitrogens with one attached hydrogen (secondary N) is 1. The maximum atomic E-state index is 10.7. The van der Waals surface area contributed by atoms with E-state index >= 15 is 0 Å². The Morgan fingerprint density at radius 1 is 1.36 bits per heavy atom. The van der Waals surface area contributed by atoms with Crippen molar-refractivity contribution in [3.05, 3.63) is 29.8 Å². The van der Waals surface area contributed by atoms with Crippen molar-refractivity contribution in [1.82, 2.24) is 0 Å². The summed E-state index contributed by atoms with van der Waals surface area (Å²) in [5.41, 5.74) is 1.98. The number of carbonyl (C=O) groups is 1. The summed E-state index contributed by atoms with van der Waals surface area (Å²) >= 11 is 0. The summed E-state index contributed by atoms with van der Waals surface area (Å²) in [5.74, 6) is -0.0619. The first-order valence-electron chi connectivity index (χ1n) is 4.70. The van der Waals surface area contributed by atoms with Gasteiger partial charge in [0.25, 0.3) is 0 Å². The van der Waals surface area contributed by atoms with Crippen LogP contribution in [-0.4, -0.2) is 17.6 Å². The van der Waals surface area contributed by atoms with Crippen molar-refractivity contribution in [1.29, 1.82) is 0 Å². The van der Waals surface area contributed by atoms with E-state index in [1.165, 1.54) is 12.5 Å². The molecule has 1 aromatic carbocycles. The largest absolute Gasteiger partial charge is 0.396 e. The molecule has 0 atom stereocenters. The van der Waals surface area contributed by atoms with Gasteiger partial charge < -0.3 is 10.4 Å². The highest BCUT2D eigenvalue weighted by Gasteiger charge is 1.96. The van der Waals surface area contributed by atoms with Gasteiger partial charge in [0.2, 0.25) is 5.91 Å². The molecular formula is C11H15NO2. The van der Waals surface area contributed by atoms with Crippen molar-refractivity contribution in [2.75, 3.05) is 11.9 Å². The minimum atomic E-state index is -0.0619. The van der Waals surface area contributed by atoms with Gasteiger partial charge in [-0.1, -0.05) is 12.1 Å². The van der Waals surface area contributed by atoms with E-state index in [2.05, 4.69) is 5.32 Å². The van der Waals surface area contributed by atoms with E-state index in [-0.39, 0.29) is 12.5 Å². The van der Waals surface area contributed by atoms with Gasteiger partial charge in [-0.15, -0.1) is 0 Å². The zero-order valence-electron chi connectivity index (χ0n) is 8.29. The molecule has 0 fully saturated rings. The molecule has 0 spiro atoms. The van der Waals surface area contributed by atoms with Gasteiger partial charge in [-0.3, -0.25) is 4.79 Å². The molecule has 1 aromatic rings. The van der Waals surface area contributed by atoms with Crippen LogP contribution in [0.4, 0.5) is 5.69 Å². The molecule has 3 nitrogen and oxygen atoms in total. The first-order chi connectivity index (χ1) is 6.72. The number of rotatable bonds is 4. The Hall–Kier alpha value is -1.35. The number of aryl methyl sites for hydroxylation is 1. The van der Waals surface area contributed by atoms with Gasteiger partial charge in [0.1, 0.15) is 0 Å². The number of carbonyl (C=O) groups excluding carboxylic acids is 1. The lowest BCUT2D eigenvalue weighted by molar-refractivity contribution is -0.114. The average Bonchev–Trinajstić information content (AvgIpc) is 2.16. The highest BCUT2D eigenvalue weighted by atomic mass is 16.2. The molecule has 0 bridgehead atoms. The van der Waals surface area contributed by atoms with E-state index in [9.17, 15) is 4.79 Å². The molecule has 1 amide bonds. The van der Waals surface area contributed by atoms with Crippen molar-refractivity contribution in [3.8, 4) is 0 Å². The molecule has 0 radical (unpaired) electrons. The number of aliphatic hydroxyl groups excluding tert-OH is 1. The maximum Gasteiger partial charge on any atom is 0.221 e. The molecule has 2 N–H and O–H groups in total. The van der Waals surface area contributed by atoms with Crippen LogP contribution in [0.2, 0.25) is 0 Å². The summed E-state index contributed by atoms with van der Waals surface area (Å²) in [7, 11) is 0. The Morgan fingerprint density at radius 3 is 2.50 bits per heavy atom. The molecule has 76 valence electrons. The summed E-state index contributed by atoms with van der Waals surface area (Å²) in [6, 6.07) is 7.66. The quantitative estimate of drug-likeness (QED) is 0.762. The van der Waals surface area contributed by atoms with E-state index in [1.54, 1.807) is 0 Å². The molecule has 0 saturated carbocycles. The minimum Gasteiger partial charge on any atom is -0.396 e. The Labute approximate surface area is 83.8 Å². The van der Waals surface area contributed by atoms with E-state index < -0.39 is 0 Å². The maximum absolute atomic E-state index is 10.7. The van der Waals surface area contributed by atoms with Crippen LogP contribution in [0.5, 0.6) is 0 Å². The zero-order valence-corrected chi connectivity index (χ0v) is 8.29. The third-order valence-electron chi connectivity index (χ3n) is 1.90. The van der Waals surface area contributed by atoms with Gasteiger partial charge in [-0.05, 0) is 30.5 Å². The second-order valence-electron chi connectivity index (χ2n) is 3.21. The highest BCUT2D eigenvalue weighted by molar-refractivity contribution is 5.88. The Balaban J connectivity index is 2.54. The highest BCUT2D eigenvalue weighted by Crippen LogP contribution is 2.10. The summed E-state index contributed by atoms with van der Waals surface area (Å²) in [6.07, 6.45) is 1.65. The molecule has 1 rings (SSSR count). The second kappa shape index (κ2) is 5.40. The number of benzene rings is 1. The summed E-state index contributed by atoms with van der Waals surface area (Å²) in [5, 5.41) is 11.3. The fourth-order valence-electron chi connectivity index (χ4n) is 1.24. The molecule has 0 aliphatic rings. The summed E-state index contributed by atoms with van der Waals surface area (Å²) < 4.78 is 0. The number of aliphatic hydroxyl groups is 1. The zero-order chi connectivity index (χ0) is 10.4. The van der Waals surface area contributed by atoms with Gasteiger partial charge in [-0.25, -0.2) is 0 Å². The van der Waals surface area contributed by atoms with Crippen LogP contribution in [0.15, 0.2) is 24.3 Å². The lowest BCUT2D eigenvalue weighted by atomic mass is 10.1. The number of anilines is 1. The van der Waals surface area contributed by atoms with Gasteiger partial charge in [0.05, 0.1) is 0 Å². The van der Waals surface area contributed by atoms with E-state index in [4.69, 9.17) is 5.11 Å². The van der Waals surface area contributed by atoms with Crippen LogP contribution in [0, 0.1) is 0 Å². The van der Waals surface area contributed by atoms with Crippen LogP contribution in [0.25, 0.3) is 0 Å². The predicted octanol–water partition coefficient (Wildman–Crippen LogP) is 1.57. The van der Waals surface area contributed by atoms with Crippen molar-refractivity contribution < 1.29 is 9.90 Å². The monoisotopic (exact) mass is 193 g/mol. The van der Waals surface area contributed by atoms with Crippen molar-refractivity contribution in [2.24, 2.45) is 0 Å². The van der Waals surface area contributed by atoms with E-state index in [1.807, 2.05) is 24.3 Å². The standard InChI is InChI=1S/C11H15NO2/c1-9(14)12-11-6-4-10(5-7-11)3-2-8-13/h4-7,13H,2-3,8H2,1H3,(H,12,14). The second-order valence-corrected chi connectivity index (χ2v) is 3.21. The minimum absolute atomic E-state index is 0.0619. The molecule has 0 unspecified atom stereocenters. The van der Waals surface area contributed by atoms with Crippen LogP contribution in [0.3, 0.4) is 0 Å². The van der Waals surface area contributed by atoms with Crippen LogP contribution in [-0.2, 0) is 11.2 Å². The molecule has 3 heteroatoms. The van der Waals surface area contributed by atoms with Crippen LogP contribution < -0.4 is 5.32 Å². The van der Waals surface area contributed by atoms with Gasteiger partial charge >= 0.3 is 0 Å². The SMILES string of the molecule is CC(=O)Nc1ccc(CCCO)cc1. The predicted molar refractivity (Wildman–Crippen MR) is 56.2 cm³/mol. The fourth-order valence-corrected chi connectivity index (χ4v) is 1.24. The first kappa shape index (κ1) is 10.7. The molecule has 0 aliphatic carbocycles. The van der Waals surface area contributed by atoms with Crippen molar-refractivity contribution in [2.45, 2.75) is 19.8 Å². The number of amides is 1. The summed E-state index contributed by atoms with van der Waals surface area (Å²) in [6.45, 7) is 1.70. The Bertz CT molecular complexity index is 293. The van der Waals surface area contributed by atoms with E-state index in [0.29, 0.717) is 0 Å². The van der Waals surface area contributed by atoms with Gasteiger partial charge in [0, 0.05) is 19.2 Å². The molecule has 0 aliphatic heterocycles. The smallest absolute Gasteiger partial charge is 0.221 e. The molecule has 0 saturated heterocycles. The third-order valence-corrected chi connectivity index (χ3v) is 1.90. The van der Waals surface area contributed by atoms with Crippen molar-refractivity contribution >= 4 is 11.6 Å². The third kappa shape index (κ3) is 3.58. The fraction of sp³-hybridized carbons (Fsp3) is 0.364. The van der Waals surface area contributed by atoms with Crippen LogP contribution in [0.1, 0.15) is 18.9 Å². The molecular weight excluding hydrogens is 178 g/mol. The number of hydrogen-bond acceptors (Lipinski definition) is 2. The first-order valence-corrected chi connectivity index (χ1v) is 4.70. The average molecular weight is 193 g/mol. The van der Waals surface area contributed by atoms with Gasteiger partial charge in [0.15, 0.2) is 0 Å². The topological polar surface area (TPSA) is 49.3 Å². The lowest BCUT2D eigenvalue weighted by Crippen LogP contribution is -2.05. The van der Waals surface area contributed by atoms with Crippen LogP contribution >= 0.6 is 0 Å². The Kier molecular flexibility index (Phi) is 4.13. The molecule has 0 aromatic heterocycles. The summed E-state index contributed by atoms with van der Waals surface area (Å²) in [4.78, 5) is 10.7. The molecule has 14 heavy (non-hydrogen) atoms. The Morgan fingerprint density at radius 2 is 2.00 bits per heavy atom. The normalized spacial score (nSPS) is 9.86. The lowest BCUT2D eigenvalue weighted by Gasteiger charge is -2.03.